The minimum atomic E-state index is -1.19. The number of amides is 4. The maximum atomic E-state index is 13.1. The lowest BCUT2D eigenvalue weighted by Gasteiger charge is -2.25. The first kappa shape index (κ1) is 21.0. The zero-order chi connectivity index (χ0) is 21.8. The first-order valence-electron chi connectivity index (χ1n) is 10.1. The summed E-state index contributed by atoms with van der Waals surface area (Å²) in [5, 5.41) is 3.51. The van der Waals surface area contributed by atoms with Crippen LogP contribution in [-0.4, -0.2) is 41.8 Å². The quantitative estimate of drug-likeness (QED) is 0.529. The molecule has 0 bridgehead atoms. The number of hydrogen-bond acceptors (Lipinski definition) is 6. The molecule has 162 valence electrons. The fraction of sp³-hybridized carbons (Fsp3) is 0.318. The molecule has 1 atom stereocenters. The SMILES string of the molecule is CCC1(c2ccccc2)NC(=O)N(NC(=O)CSc2ccc3c(c2)OCCCO3)C1=O. The highest BCUT2D eigenvalue weighted by molar-refractivity contribution is 8.00. The lowest BCUT2D eigenvalue weighted by Crippen LogP contribution is -2.49. The zero-order valence-electron chi connectivity index (χ0n) is 17.1. The minimum absolute atomic E-state index is 0.0289. The molecule has 2 aliphatic rings. The van der Waals surface area contributed by atoms with E-state index in [1.54, 1.807) is 24.3 Å². The molecule has 31 heavy (non-hydrogen) atoms. The second-order valence-electron chi connectivity index (χ2n) is 7.18. The number of thioether (sulfide) groups is 1. The Labute approximate surface area is 184 Å². The van der Waals surface area contributed by atoms with Crippen molar-refractivity contribution in [3.05, 3.63) is 54.1 Å². The summed E-state index contributed by atoms with van der Waals surface area (Å²) in [7, 11) is 0. The van der Waals surface area contributed by atoms with E-state index in [9.17, 15) is 14.4 Å². The lowest BCUT2D eigenvalue weighted by atomic mass is 9.87. The number of carbonyl (C=O) groups excluding carboxylic acids is 3. The van der Waals surface area contributed by atoms with Crippen molar-refractivity contribution in [3.63, 3.8) is 0 Å². The molecule has 1 unspecified atom stereocenters. The van der Waals surface area contributed by atoms with Crippen LogP contribution < -0.4 is 20.2 Å². The molecule has 0 aromatic heterocycles. The van der Waals surface area contributed by atoms with E-state index in [1.165, 1.54) is 11.8 Å². The Hall–Kier alpha value is -3.20. The van der Waals surface area contributed by atoms with Gasteiger partial charge in [-0.15, -0.1) is 11.8 Å². The Morgan fingerprint density at radius 2 is 1.87 bits per heavy atom. The number of nitrogens with zero attached hydrogens (tertiary/aromatic N) is 1. The molecule has 0 saturated carbocycles. The number of ether oxygens (including phenoxy) is 2. The Kier molecular flexibility index (Phi) is 6.03. The van der Waals surface area contributed by atoms with Crippen LogP contribution in [0.1, 0.15) is 25.3 Å². The topological polar surface area (TPSA) is 97.0 Å². The van der Waals surface area contributed by atoms with Crippen LogP contribution in [0.2, 0.25) is 0 Å². The molecule has 2 N–H and O–H groups in total. The monoisotopic (exact) mass is 441 g/mol. The van der Waals surface area contributed by atoms with E-state index in [1.807, 2.05) is 31.2 Å². The third-order valence-corrected chi connectivity index (χ3v) is 6.21. The van der Waals surface area contributed by atoms with Crippen molar-refractivity contribution in [3.8, 4) is 11.5 Å². The van der Waals surface area contributed by atoms with Gasteiger partial charge in [-0.25, -0.2) is 4.79 Å². The van der Waals surface area contributed by atoms with Crippen molar-refractivity contribution < 1.29 is 23.9 Å². The number of carbonyl (C=O) groups is 3. The van der Waals surface area contributed by atoms with E-state index in [4.69, 9.17) is 9.47 Å². The number of imide groups is 1. The van der Waals surface area contributed by atoms with E-state index in [-0.39, 0.29) is 5.75 Å². The number of rotatable bonds is 6. The highest BCUT2D eigenvalue weighted by Crippen LogP contribution is 2.34. The van der Waals surface area contributed by atoms with Gasteiger partial charge in [0.15, 0.2) is 11.5 Å². The summed E-state index contributed by atoms with van der Waals surface area (Å²) < 4.78 is 11.3. The molecule has 0 radical (unpaired) electrons. The predicted octanol–water partition coefficient (Wildman–Crippen LogP) is 2.83. The molecule has 2 aromatic carbocycles. The molecular formula is C22H23N3O5S. The van der Waals surface area contributed by atoms with Gasteiger partial charge >= 0.3 is 6.03 Å². The molecule has 1 fully saturated rings. The van der Waals surface area contributed by atoms with Crippen molar-refractivity contribution in [2.45, 2.75) is 30.2 Å². The largest absolute Gasteiger partial charge is 0.490 e. The third-order valence-electron chi connectivity index (χ3n) is 5.21. The average molecular weight is 442 g/mol. The molecule has 4 rings (SSSR count). The van der Waals surface area contributed by atoms with E-state index >= 15 is 0 Å². The van der Waals surface area contributed by atoms with Gasteiger partial charge in [-0.05, 0) is 30.2 Å². The van der Waals surface area contributed by atoms with Crippen molar-refractivity contribution >= 4 is 29.6 Å². The van der Waals surface area contributed by atoms with Crippen molar-refractivity contribution in [2.24, 2.45) is 0 Å². The molecule has 2 aromatic rings. The van der Waals surface area contributed by atoms with Crippen LogP contribution in [0.4, 0.5) is 4.79 Å². The summed E-state index contributed by atoms with van der Waals surface area (Å²) in [5.41, 5.74) is 1.92. The summed E-state index contributed by atoms with van der Waals surface area (Å²) in [5.74, 6) is 0.400. The number of hydrogen-bond donors (Lipinski definition) is 2. The molecule has 1 saturated heterocycles. The van der Waals surface area contributed by atoms with Crippen LogP contribution in [0.5, 0.6) is 11.5 Å². The molecular weight excluding hydrogens is 418 g/mol. The summed E-state index contributed by atoms with van der Waals surface area (Å²) in [6.07, 6.45) is 1.17. The number of nitrogens with one attached hydrogen (secondary N) is 2. The van der Waals surface area contributed by atoms with Gasteiger partial charge in [-0.2, -0.15) is 5.01 Å². The van der Waals surface area contributed by atoms with E-state index < -0.39 is 23.4 Å². The maximum Gasteiger partial charge on any atom is 0.344 e. The van der Waals surface area contributed by atoms with Crippen LogP contribution >= 0.6 is 11.8 Å². The number of fused-ring (bicyclic) bond motifs is 1. The molecule has 8 nitrogen and oxygen atoms in total. The lowest BCUT2D eigenvalue weighted by molar-refractivity contribution is -0.138. The van der Waals surface area contributed by atoms with Crippen molar-refractivity contribution in [2.75, 3.05) is 19.0 Å². The highest BCUT2D eigenvalue weighted by atomic mass is 32.2. The summed E-state index contributed by atoms with van der Waals surface area (Å²) in [4.78, 5) is 38.8. The second-order valence-corrected chi connectivity index (χ2v) is 8.23. The van der Waals surface area contributed by atoms with E-state index in [0.717, 1.165) is 16.3 Å². The predicted molar refractivity (Wildman–Crippen MR) is 115 cm³/mol. The molecule has 9 heteroatoms. The first-order chi connectivity index (χ1) is 15.0. The van der Waals surface area contributed by atoms with Gasteiger partial charge in [-0.1, -0.05) is 37.3 Å². The van der Waals surface area contributed by atoms with Gasteiger partial charge in [0.1, 0.15) is 5.54 Å². The fourth-order valence-electron chi connectivity index (χ4n) is 3.58. The first-order valence-corrected chi connectivity index (χ1v) is 11.1. The highest BCUT2D eigenvalue weighted by Gasteiger charge is 2.52. The van der Waals surface area contributed by atoms with Crippen LogP contribution in [0.25, 0.3) is 0 Å². The van der Waals surface area contributed by atoms with Crippen LogP contribution in [0.3, 0.4) is 0 Å². The summed E-state index contributed by atoms with van der Waals surface area (Å²) in [6, 6.07) is 13.8. The van der Waals surface area contributed by atoms with Gasteiger partial charge in [0, 0.05) is 11.3 Å². The normalized spacial score (nSPS) is 20.2. The summed E-state index contributed by atoms with van der Waals surface area (Å²) in [6.45, 7) is 3.00. The van der Waals surface area contributed by atoms with Gasteiger partial charge < -0.3 is 14.8 Å². The van der Waals surface area contributed by atoms with Crippen molar-refractivity contribution in [1.82, 2.24) is 15.8 Å². The van der Waals surface area contributed by atoms with Gasteiger partial charge in [0.2, 0.25) is 5.91 Å². The molecule has 2 heterocycles. The zero-order valence-corrected chi connectivity index (χ0v) is 17.9. The minimum Gasteiger partial charge on any atom is -0.490 e. The standard InChI is InChI=1S/C22H23N3O5S/c1-2-22(15-7-4-3-5-8-15)20(27)25(21(28)23-22)24-19(26)14-31-16-9-10-17-18(13-16)30-12-6-11-29-17/h3-5,7-10,13H,2,6,11-12,14H2,1H3,(H,23,28)(H,24,26). The van der Waals surface area contributed by atoms with E-state index in [0.29, 0.717) is 36.7 Å². The number of hydrazine groups is 1. The Bertz CT molecular complexity index is 1000. The molecule has 0 aliphatic carbocycles. The molecule has 4 amide bonds. The Morgan fingerprint density at radius 1 is 1.13 bits per heavy atom. The third kappa shape index (κ3) is 4.18. The fourth-order valence-corrected chi connectivity index (χ4v) is 4.29. The van der Waals surface area contributed by atoms with Gasteiger partial charge in [-0.3, -0.25) is 15.0 Å². The smallest absolute Gasteiger partial charge is 0.344 e. The van der Waals surface area contributed by atoms with Crippen LogP contribution in [-0.2, 0) is 15.1 Å². The second kappa shape index (κ2) is 8.89. The maximum absolute atomic E-state index is 13.1. The van der Waals surface area contributed by atoms with Gasteiger partial charge in [0.25, 0.3) is 5.91 Å². The summed E-state index contributed by atoms with van der Waals surface area (Å²) >= 11 is 1.28. The van der Waals surface area contributed by atoms with E-state index in [2.05, 4.69) is 10.7 Å². The molecule has 2 aliphatic heterocycles. The molecule has 0 spiro atoms. The average Bonchev–Trinajstić information content (AvgIpc) is 2.94. The van der Waals surface area contributed by atoms with Crippen LogP contribution in [0.15, 0.2) is 53.4 Å². The Morgan fingerprint density at radius 3 is 2.61 bits per heavy atom. The number of benzene rings is 2. The van der Waals surface area contributed by atoms with Crippen LogP contribution in [0, 0.1) is 0 Å². The van der Waals surface area contributed by atoms with Gasteiger partial charge in [0.05, 0.1) is 19.0 Å². The number of urea groups is 1. The van der Waals surface area contributed by atoms with Crippen molar-refractivity contribution in [1.29, 1.82) is 0 Å². The Balaban J connectivity index is 1.40.